The Morgan fingerprint density at radius 2 is 2.00 bits per heavy atom. The van der Waals surface area contributed by atoms with Crippen molar-refractivity contribution in [2.24, 2.45) is 0 Å². The Hall–Kier alpha value is -2.07. The lowest BCUT2D eigenvalue weighted by atomic mass is 10.1. The lowest BCUT2D eigenvalue weighted by molar-refractivity contribution is 0.859. The molecule has 2 heterocycles. The predicted octanol–water partition coefficient (Wildman–Crippen LogP) is 3.27. The summed E-state index contributed by atoms with van der Waals surface area (Å²) in [7, 11) is 0. The van der Waals surface area contributed by atoms with Crippen LogP contribution in [0.2, 0.25) is 5.02 Å². The van der Waals surface area contributed by atoms with Crippen molar-refractivity contribution in [3.05, 3.63) is 56.6 Å². The van der Waals surface area contributed by atoms with Gasteiger partial charge in [-0.3, -0.25) is 9.89 Å². The highest BCUT2D eigenvalue weighted by molar-refractivity contribution is 6.30. The van der Waals surface area contributed by atoms with Crippen LogP contribution in [0, 0.1) is 20.8 Å². The van der Waals surface area contributed by atoms with Crippen molar-refractivity contribution in [2.45, 2.75) is 20.8 Å². The Morgan fingerprint density at radius 1 is 1.25 bits per heavy atom. The summed E-state index contributed by atoms with van der Waals surface area (Å²) in [6.45, 7) is 5.56. The first-order valence-electron chi connectivity index (χ1n) is 6.33. The van der Waals surface area contributed by atoms with Crippen LogP contribution < -0.4 is 5.56 Å². The van der Waals surface area contributed by atoms with E-state index >= 15 is 0 Å². The predicted molar refractivity (Wildman–Crippen MR) is 80.5 cm³/mol. The van der Waals surface area contributed by atoms with E-state index in [1.165, 1.54) is 4.52 Å². The Bertz CT molecular complexity index is 877. The molecule has 0 saturated carbocycles. The summed E-state index contributed by atoms with van der Waals surface area (Å²) in [4.78, 5) is 16.8. The van der Waals surface area contributed by atoms with Crippen molar-refractivity contribution < 1.29 is 0 Å². The van der Waals surface area contributed by atoms with Gasteiger partial charge in [0.15, 0.2) is 5.65 Å². The minimum absolute atomic E-state index is 0.0659. The smallest absolute Gasteiger partial charge is 0.275 e. The van der Waals surface area contributed by atoms with Crippen molar-refractivity contribution >= 4 is 17.2 Å². The molecule has 0 radical (unpaired) electrons. The van der Waals surface area contributed by atoms with Gasteiger partial charge in [-0.1, -0.05) is 23.7 Å². The third-order valence-corrected chi connectivity index (χ3v) is 3.78. The number of H-pyrrole nitrogens is 1. The van der Waals surface area contributed by atoms with Gasteiger partial charge in [0.2, 0.25) is 0 Å². The van der Waals surface area contributed by atoms with Gasteiger partial charge in [-0.25, -0.2) is 9.50 Å². The molecule has 0 unspecified atom stereocenters. The van der Waals surface area contributed by atoms with E-state index in [1.807, 2.05) is 38.1 Å². The van der Waals surface area contributed by atoms with E-state index in [-0.39, 0.29) is 5.56 Å². The molecule has 1 N–H and O–H groups in total. The zero-order chi connectivity index (χ0) is 14.4. The topological polar surface area (TPSA) is 50.2 Å². The molecule has 0 bridgehead atoms. The van der Waals surface area contributed by atoms with Crippen LogP contribution in [0.4, 0.5) is 0 Å². The first-order valence-corrected chi connectivity index (χ1v) is 6.71. The second-order valence-electron chi connectivity index (χ2n) is 4.91. The molecule has 0 spiro atoms. The third-order valence-electron chi connectivity index (χ3n) is 3.54. The SMILES string of the molecule is Cc1nc2c(-c3cccc(Cl)c3)c(C)[nH]n2c(=O)c1C. The number of hydrogen-bond donors (Lipinski definition) is 1. The van der Waals surface area contributed by atoms with Gasteiger partial charge in [-0.05, 0) is 38.5 Å². The average Bonchev–Trinajstić information content (AvgIpc) is 2.73. The monoisotopic (exact) mass is 287 g/mol. The molecule has 0 fully saturated rings. The van der Waals surface area contributed by atoms with Crippen LogP contribution >= 0.6 is 11.6 Å². The van der Waals surface area contributed by atoms with E-state index in [2.05, 4.69) is 10.1 Å². The van der Waals surface area contributed by atoms with E-state index in [0.717, 1.165) is 22.5 Å². The molecule has 0 atom stereocenters. The summed E-state index contributed by atoms with van der Waals surface area (Å²) in [5, 5.41) is 3.74. The van der Waals surface area contributed by atoms with E-state index in [0.29, 0.717) is 16.2 Å². The lowest BCUT2D eigenvalue weighted by Gasteiger charge is -2.03. The molecular weight excluding hydrogens is 274 g/mol. The van der Waals surface area contributed by atoms with Gasteiger partial charge < -0.3 is 0 Å². The first-order chi connectivity index (χ1) is 9.49. The molecule has 0 aliphatic heterocycles. The fourth-order valence-corrected chi connectivity index (χ4v) is 2.55. The highest BCUT2D eigenvalue weighted by atomic mass is 35.5. The number of benzene rings is 1. The number of fused-ring (bicyclic) bond motifs is 1. The summed E-state index contributed by atoms with van der Waals surface area (Å²) in [5.74, 6) is 0. The van der Waals surface area contributed by atoms with E-state index in [4.69, 9.17) is 11.6 Å². The maximum absolute atomic E-state index is 12.3. The van der Waals surface area contributed by atoms with Gasteiger partial charge in [0.1, 0.15) is 0 Å². The molecule has 0 aliphatic rings. The van der Waals surface area contributed by atoms with Crippen LogP contribution in [0.1, 0.15) is 17.0 Å². The molecule has 0 saturated heterocycles. The second kappa shape index (κ2) is 4.49. The minimum atomic E-state index is -0.0659. The summed E-state index contributed by atoms with van der Waals surface area (Å²) >= 11 is 6.05. The van der Waals surface area contributed by atoms with E-state index in [9.17, 15) is 4.79 Å². The Morgan fingerprint density at radius 3 is 2.70 bits per heavy atom. The van der Waals surface area contributed by atoms with Crippen LogP contribution in [-0.4, -0.2) is 14.6 Å². The van der Waals surface area contributed by atoms with E-state index in [1.54, 1.807) is 6.92 Å². The third kappa shape index (κ3) is 1.84. The number of rotatable bonds is 1. The van der Waals surface area contributed by atoms with Crippen molar-refractivity contribution in [3.8, 4) is 11.1 Å². The van der Waals surface area contributed by atoms with Crippen LogP contribution in [0.15, 0.2) is 29.1 Å². The fraction of sp³-hybridized carbons (Fsp3) is 0.200. The number of hydrogen-bond acceptors (Lipinski definition) is 2. The van der Waals surface area contributed by atoms with Gasteiger partial charge in [-0.2, -0.15) is 0 Å². The molecule has 5 heteroatoms. The van der Waals surface area contributed by atoms with Gasteiger partial charge >= 0.3 is 0 Å². The standard InChI is InChI=1S/C15H14ClN3O/c1-8-9(2)17-14-13(10(3)18-19(14)15(8)20)11-5-4-6-12(16)7-11/h4-7,18H,1-3H3. The molecule has 0 aliphatic carbocycles. The largest absolute Gasteiger partial charge is 0.293 e. The lowest BCUT2D eigenvalue weighted by Crippen LogP contribution is -2.19. The van der Waals surface area contributed by atoms with Crippen LogP contribution in [0.3, 0.4) is 0 Å². The average molecular weight is 288 g/mol. The molecule has 0 amide bonds. The van der Waals surface area contributed by atoms with Crippen molar-refractivity contribution in [3.63, 3.8) is 0 Å². The molecule has 3 aromatic rings. The van der Waals surface area contributed by atoms with Crippen molar-refractivity contribution in [1.29, 1.82) is 0 Å². The molecule has 3 rings (SSSR count). The van der Waals surface area contributed by atoms with Crippen molar-refractivity contribution in [2.75, 3.05) is 0 Å². The maximum Gasteiger partial charge on any atom is 0.275 e. The van der Waals surface area contributed by atoms with Gasteiger partial charge in [0.05, 0.1) is 0 Å². The van der Waals surface area contributed by atoms with Crippen LogP contribution in [0.25, 0.3) is 16.8 Å². The zero-order valence-corrected chi connectivity index (χ0v) is 12.2. The summed E-state index contributed by atoms with van der Waals surface area (Å²) < 4.78 is 1.49. The number of aromatic amines is 1. The second-order valence-corrected chi connectivity index (χ2v) is 5.34. The van der Waals surface area contributed by atoms with Crippen LogP contribution in [0.5, 0.6) is 0 Å². The number of nitrogens with one attached hydrogen (secondary N) is 1. The van der Waals surface area contributed by atoms with Gasteiger partial charge in [0, 0.05) is 27.5 Å². The van der Waals surface area contributed by atoms with E-state index < -0.39 is 0 Å². The number of halogens is 1. The molecule has 4 nitrogen and oxygen atoms in total. The fourth-order valence-electron chi connectivity index (χ4n) is 2.36. The Kier molecular flexibility index (Phi) is 2.91. The quantitative estimate of drug-likeness (QED) is 0.747. The number of aromatic nitrogens is 3. The van der Waals surface area contributed by atoms with Crippen molar-refractivity contribution in [1.82, 2.24) is 14.6 Å². The maximum atomic E-state index is 12.3. The normalized spacial score (nSPS) is 11.2. The zero-order valence-electron chi connectivity index (χ0n) is 11.5. The highest BCUT2D eigenvalue weighted by Crippen LogP contribution is 2.28. The highest BCUT2D eigenvalue weighted by Gasteiger charge is 2.15. The molecule has 2 aromatic heterocycles. The molecule has 20 heavy (non-hydrogen) atoms. The Balaban J connectivity index is 2.43. The molecule has 102 valence electrons. The van der Waals surface area contributed by atoms with Gasteiger partial charge in [0.25, 0.3) is 5.56 Å². The number of nitrogens with zero attached hydrogens (tertiary/aromatic N) is 2. The summed E-state index contributed by atoms with van der Waals surface area (Å²) in [6.07, 6.45) is 0. The van der Waals surface area contributed by atoms with Gasteiger partial charge in [-0.15, -0.1) is 0 Å². The Labute approximate surface area is 121 Å². The summed E-state index contributed by atoms with van der Waals surface area (Å²) in [6, 6.07) is 7.55. The molecular formula is C15H14ClN3O. The van der Waals surface area contributed by atoms with Crippen LogP contribution in [-0.2, 0) is 0 Å². The summed E-state index contributed by atoms with van der Waals surface area (Å²) in [5.41, 5.74) is 4.72. The molecule has 1 aromatic carbocycles. The number of aryl methyl sites for hydroxylation is 2. The first kappa shape index (κ1) is 12.9. The minimum Gasteiger partial charge on any atom is -0.293 e.